The summed E-state index contributed by atoms with van der Waals surface area (Å²) in [5.74, 6) is 1.14. The Morgan fingerprint density at radius 1 is 0.614 bits per heavy atom. The SMILES string of the molecule is CCCN1c2ccccc2C(/C=C/C=C\CC2c3ccccc3N(CCC)C2c2cc(C)cc(C(C)(C)C)c2O)C1c1cc(C)cc(C(C)(C)C)c1O.[CH3-].[CH3-].[Hf].[NH2-]. The molecule has 2 aliphatic heterocycles. The molecule has 0 spiro atoms. The summed E-state index contributed by atoms with van der Waals surface area (Å²) in [6.07, 6.45) is 12.0. The zero-order valence-corrected chi connectivity index (χ0v) is 40.5. The molecule has 6 rings (SSSR count). The molecule has 4 aromatic carbocycles. The smallest absolute Gasteiger partial charge is 0.124 e. The minimum atomic E-state index is -0.174. The first-order valence-electron chi connectivity index (χ1n) is 19.9. The number of aromatic hydroxyl groups is 2. The number of fused-ring (bicyclic) bond motifs is 2. The fraction of sp³-hybridized carbons (Fsp3) is 0.412. The number of benzene rings is 4. The first-order valence-corrected chi connectivity index (χ1v) is 19.9. The summed E-state index contributed by atoms with van der Waals surface area (Å²) in [6, 6.07) is 26.4. The number of rotatable bonds is 10. The van der Waals surface area contributed by atoms with Gasteiger partial charge in [-0.15, -0.1) is 0 Å². The summed E-state index contributed by atoms with van der Waals surface area (Å²) in [7, 11) is 0. The van der Waals surface area contributed by atoms with Gasteiger partial charge in [0.25, 0.3) is 0 Å². The third-order valence-corrected chi connectivity index (χ3v) is 11.3. The van der Waals surface area contributed by atoms with E-state index < -0.39 is 0 Å². The van der Waals surface area contributed by atoms with Gasteiger partial charge in [0.05, 0.1) is 12.1 Å². The topological polar surface area (TPSA) is 80.4 Å². The molecule has 308 valence electrons. The van der Waals surface area contributed by atoms with Crippen LogP contribution in [0.15, 0.2) is 97.1 Å². The minimum absolute atomic E-state index is 0. The monoisotopic (exact) mass is 936 g/mol. The van der Waals surface area contributed by atoms with Gasteiger partial charge in [-0.3, -0.25) is 0 Å². The van der Waals surface area contributed by atoms with E-state index in [-0.39, 0.29) is 81.6 Å². The Morgan fingerprint density at radius 3 is 1.54 bits per heavy atom. The number of hydrogen-bond acceptors (Lipinski definition) is 4. The van der Waals surface area contributed by atoms with Crippen molar-refractivity contribution in [3.05, 3.63) is 163 Å². The first-order chi connectivity index (χ1) is 25.2. The van der Waals surface area contributed by atoms with E-state index in [0.29, 0.717) is 11.5 Å². The molecule has 4 atom stereocenters. The molecule has 0 amide bonds. The van der Waals surface area contributed by atoms with Crippen LogP contribution >= 0.6 is 0 Å². The summed E-state index contributed by atoms with van der Waals surface area (Å²) >= 11 is 0. The van der Waals surface area contributed by atoms with Crippen LogP contribution in [-0.2, 0) is 36.7 Å². The molecule has 57 heavy (non-hydrogen) atoms. The summed E-state index contributed by atoms with van der Waals surface area (Å²) in [5.41, 5.74) is 11.3. The average molecular weight is 936 g/mol. The van der Waals surface area contributed by atoms with Gasteiger partial charge < -0.3 is 41.0 Å². The minimum Gasteiger partial charge on any atom is -0.693 e. The van der Waals surface area contributed by atoms with Gasteiger partial charge in [0.2, 0.25) is 0 Å². The summed E-state index contributed by atoms with van der Waals surface area (Å²) < 4.78 is 0. The fourth-order valence-electron chi connectivity index (χ4n) is 9.05. The van der Waals surface area contributed by atoms with Gasteiger partial charge in [-0.05, 0) is 78.3 Å². The standard InChI is InChI=1S/C49H62N2O2.2CH3.Hf.H2N/c1-11-26-50-42-24-18-16-20-34(42)36(44(50)38-28-32(3)30-40(46(38)52)48(5,6)7)22-14-13-15-23-37-35-21-17-19-25-43(35)51(27-12-2)45(37)39-29-33(4)31-41(47(39)53)49(8,9)10;;;;/h13-22,24-25,28-31,36-37,44-45,52-53H,11-12,23,26-27H2,1-10H3;2*1H3;;1H2/q;2*-1;;-1/b15-13-,22-14+;;;;. The second kappa shape index (κ2) is 19.9. The van der Waals surface area contributed by atoms with Crippen molar-refractivity contribution in [1.29, 1.82) is 0 Å². The van der Waals surface area contributed by atoms with E-state index in [4.69, 9.17) is 0 Å². The Balaban J connectivity index is 0.00000280. The van der Waals surface area contributed by atoms with Crippen LogP contribution in [0.4, 0.5) is 11.4 Å². The van der Waals surface area contributed by atoms with Crippen molar-refractivity contribution in [2.45, 2.75) is 123 Å². The molecule has 4 N–H and O–H groups in total. The van der Waals surface area contributed by atoms with Crippen molar-refractivity contribution in [1.82, 2.24) is 0 Å². The molecule has 2 heterocycles. The van der Waals surface area contributed by atoms with E-state index in [1.807, 2.05) is 0 Å². The number of nitrogens with two attached hydrogens (primary N) is 1. The van der Waals surface area contributed by atoms with Crippen LogP contribution < -0.4 is 9.80 Å². The molecule has 6 heteroatoms. The van der Waals surface area contributed by atoms with Gasteiger partial charge in [0.1, 0.15) is 11.5 Å². The van der Waals surface area contributed by atoms with Gasteiger partial charge in [0, 0.05) is 73.3 Å². The maximum Gasteiger partial charge on any atom is 0.124 e. The Labute approximate surface area is 365 Å². The summed E-state index contributed by atoms with van der Waals surface area (Å²) in [5, 5.41) is 23.8. The number of phenolic OH excluding ortho intramolecular Hbond substituents is 2. The van der Waals surface area contributed by atoms with Crippen molar-refractivity contribution in [2.75, 3.05) is 22.9 Å². The molecule has 0 bridgehead atoms. The number of aryl methyl sites for hydroxylation is 2. The van der Waals surface area contributed by atoms with Crippen LogP contribution in [0.2, 0.25) is 0 Å². The number of anilines is 2. The third kappa shape index (κ3) is 9.82. The maximum absolute atomic E-state index is 11.9. The molecule has 0 radical (unpaired) electrons. The molecule has 4 unspecified atom stereocenters. The van der Waals surface area contributed by atoms with Crippen molar-refractivity contribution in [3.63, 3.8) is 0 Å². The van der Waals surface area contributed by atoms with E-state index in [9.17, 15) is 10.2 Å². The molecule has 4 aromatic rings. The predicted molar refractivity (Wildman–Crippen MR) is 243 cm³/mol. The number of para-hydroxylation sites is 2. The predicted octanol–water partition coefficient (Wildman–Crippen LogP) is 14.2. The molecule has 0 fully saturated rings. The number of hydrogen-bond donors (Lipinski definition) is 2. The number of allylic oxidation sites excluding steroid dienone is 3. The largest absolute Gasteiger partial charge is 0.693 e. The quantitative estimate of drug-likeness (QED) is 0.0943. The molecule has 0 aromatic heterocycles. The van der Waals surface area contributed by atoms with E-state index in [2.05, 4.69) is 176 Å². The van der Waals surface area contributed by atoms with Crippen molar-refractivity contribution in [2.24, 2.45) is 0 Å². The molecule has 0 saturated carbocycles. The van der Waals surface area contributed by atoms with E-state index in [1.165, 1.54) is 33.6 Å². The van der Waals surface area contributed by atoms with Crippen LogP contribution in [0.5, 0.6) is 11.5 Å². The molecular weight excluding hydrogens is 865 g/mol. The second-order valence-corrected chi connectivity index (χ2v) is 17.6. The van der Waals surface area contributed by atoms with Gasteiger partial charge in [0.15, 0.2) is 0 Å². The Hall–Kier alpha value is -3.61. The van der Waals surface area contributed by atoms with Crippen LogP contribution in [0.1, 0.15) is 143 Å². The van der Waals surface area contributed by atoms with Gasteiger partial charge in [-0.1, -0.05) is 151 Å². The van der Waals surface area contributed by atoms with Crippen LogP contribution in [0.3, 0.4) is 0 Å². The summed E-state index contributed by atoms with van der Waals surface area (Å²) in [4.78, 5) is 5.05. The summed E-state index contributed by atoms with van der Waals surface area (Å²) in [6.45, 7) is 23.7. The number of phenols is 2. The molecule has 5 nitrogen and oxygen atoms in total. The van der Waals surface area contributed by atoms with Crippen molar-refractivity contribution >= 4 is 11.4 Å². The van der Waals surface area contributed by atoms with E-state index in [1.54, 1.807) is 0 Å². The molecular formula is C51H70HfN3O2-3. The number of nitrogens with zero attached hydrogens (tertiary/aromatic N) is 2. The first kappa shape index (κ1) is 49.5. The Kier molecular flexibility index (Phi) is 17.3. The zero-order chi connectivity index (χ0) is 38.2. The molecule has 2 aliphatic rings. The van der Waals surface area contributed by atoms with E-state index in [0.717, 1.165) is 54.6 Å². The maximum atomic E-state index is 11.9. The zero-order valence-electron chi connectivity index (χ0n) is 36.9. The van der Waals surface area contributed by atoms with Gasteiger partial charge in [-0.25, -0.2) is 0 Å². The molecule has 0 saturated heterocycles. The van der Waals surface area contributed by atoms with E-state index >= 15 is 0 Å². The molecule has 0 aliphatic carbocycles. The van der Waals surface area contributed by atoms with Crippen LogP contribution in [-0.4, -0.2) is 23.3 Å². The van der Waals surface area contributed by atoms with Crippen molar-refractivity contribution in [3.8, 4) is 11.5 Å². The van der Waals surface area contributed by atoms with Crippen LogP contribution in [0.25, 0.3) is 6.15 Å². The van der Waals surface area contributed by atoms with Crippen LogP contribution in [0, 0.1) is 28.7 Å². The average Bonchev–Trinajstić information content (AvgIpc) is 3.57. The van der Waals surface area contributed by atoms with Crippen molar-refractivity contribution < 1.29 is 36.1 Å². The Bertz CT molecular complexity index is 2000. The normalized spacial score (nSPS) is 18.8. The Morgan fingerprint density at radius 2 is 1.05 bits per heavy atom. The van der Waals surface area contributed by atoms with Gasteiger partial charge >= 0.3 is 0 Å². The fourth-order valence-corrected chi connectivity index (χ4v) is 9.05. The second-order valence-electron chi connectivity index (χ2n) is 17.6. The van der Waals surface area contributed by atoms with Gasteiger partial charge in [-0.2, -0.15) is 0 Å². The third-order valence-electron chi connectivity index (χ3n) is 11.3.